The SMILES string of the molecule is Cc1cc(Nc2ncc(C#N)c(N3OCC[C@H]3c3ccccc3)n2)cc(C)c1OCCCN1CCN(C)CC1. The summed E-state index contributed by atoms with van der Waals surface area (Å²) in [7, 11) is 2.18. The average Bonchev–Trinajstić information content (AvgIpc) is 3.44. The number of anilines is 3. The Morgan fingerprint density at radius 3 is 2.56 bits per heavy atom. The Hall–Kier alpha value is -3.71. The summed E-state index contributed by atoms with van der Waals surface area (Å²) in [6.45, 7) is 11.0. The number of nitrogens with zero attached hydrogens (tertiary/aromatic N) is 6. The molecule has 5 rings (SSSR count). The molecule has 3 aromatic rings. The lowest BCUT2D eigenvalue weighted by molar-refractivity contribution is 0.145. The van der Waals surface area contributed by atoms with Crippen molar-refractivity contribution in [1.82, 2.24) is 19.8 Å². The second kappa shape index (κ2) is 12.4. The first-order valence-electron chi connectivity index (χ1n) is 13.7. The molecule has 1 N–H and O–H groups in total. The summed E-state index contributed by atoms with van der Waals surface area (Å²) in [5.41, 5.74) is 4.47. The van der Waals surface area contributed by atoms with Crippen molar-refractivity contribution in [2.45, 2.75) is 32.7 Å². The second-order valence-corrected chi connectivity index (χ2v) is 10.3. The molecule has 2 saturated heterocycles. The number of hydrogen-bond acceptors (Lipinski definition) is 9. The molecule has 2 aliphatic rings. The number of likely N-dealkylation sites (N-methyl/N-ethyl adjacent to an activating group) is 1. The number of aromatic nitrogens is 2. The number of benzene rings is 2. The first-order valence-corrected chi connectivity index (χ1v) is 13.7. The van der Waals surface area contributed by atoms with Crippen LogP contribution in [0.3, 0.4) is 0 Å². The molecule has 9 nitrogen and oxygen atoms in total. The van der Waals surface area contributed by atoms with E-state index in [0.29, 0.717) is 30.5 Å². The Bertz CT molecular complexity index is 1280. The van der Waals surface area contributed by atoms with Crippen molar-refractivity contribution in [3.8, 4) is 11.8 Å². The third-order valence-corrected chi connectivity index (χ3v) is 7.36. The largest absolute Gasteiger partial charge is 0.493 e. The van der Waals surface area contributed by atoms with Crippen LogP contribution in [0.2, 0.25) is 0 Å². The van der Waals surface area contributed by atoms with Crippen LogP contribution in [0.1, 0.15) is 41.1 Å². The van der Waals surface area contributed by atoms with Crippen LogP contribution < -0.4 is 15.1 Å². The van der Waals surface area contributed by atoms with Gasteiger partial charge in [0.15, 0.2) is 5.82 Å². The lowest BCUT2D eigenvalue weighted by Gasteiger charge is -2.32. The molecule has 0 amide bonds. The molecule has 2 fully saturated rings. The van der Waals surface area contributed by atoms with Gasteiger partial charge < -0.3 is 19.9 Å². The Morgan fingerprint density at radius 1 is 1.10 bits per heavy atom. The Kier molecular flexibility index (Phi) is 8.57. The molecular weight excluding hydrogens is 490 g/mol. The van der Waals surface area contributed by atoms with Gasteiger partial charge in [-0.05, 0) is 56.1 Å². The van der Waals surface area contributed by atoms with E-state index in [2.05, 4.69) is 59.2 Å². The number of nitriles is 1. The number of nitrogens with one attached hydrogen (secondary N) is 1. The van der Waals surface area contributed by atoms with Crippen molar-refractivity contribution >= 4 is 17.5 Å². The summed E-state index contributed by atoms with van der Waals surface area (Å²) in [6, 6.07) is 16.4. The first kappa shape index (κ1) is 26.9. The standard InChI is InChI=1S/C30H37N7O2/c1-22-18-26(19-23(2)28(22)38-16-7-11-36-14-12-35(3)13-15-36)33-30-32-21-25(20-31)29(34-30)37-27(10-17-39-37)24-8-5-4-6-9-24/h4-6,8-9,18-19,21,27H,7,10-17H2,1-3H3,(H,32,33,34)/t27-/m0/s1. The minimum absolute atomic E-state index is 0.0155. The van der Waals surface area contributed by atoms with Crippen molar-refractivity contribution in [1.29, 1.82) is 5.26 Å². The van der Waals surface area contributed by atoms with Gasteiger partial charge in [0.25, 0.3) is 0 Å². The van der Waals surface area contributed by atoms with E-state index in [-0.39, 0.29) is 6.04 Å². The predicted octanol–water partition coefficient (Wildman–Crippen LogP) is 4.61. The van der Waals surface area contributed by atoms with Crippen LogP contribution in [0, 0.1) is 25.2 Å². The highest BCUT2D eigenvalue weighted by Gasteiger charge is 2.31. The summed E-state index contributed by atoms with van der Waals surface area (Å²) < 4.78 is 6.20. The van der Waals surface area contributed by atoms with Gasteiger partial charge in [0, 0.05) is 44.8 Å². The van der Waals surface area contributed by atoms with E-state index < -0.39 is 0 Å². The Balaban J connectivity index is 1.25. The summed E-state index contributed by atoms with van der Waals surface area (Å²) in [5, 5.41) is 14.8. The van der Waals surface area contributed by atoms with Crippen LogP contribution in [-0.2, 0) is 4.84 Å². The fourth-order valence-corrected chi connectivity index (χ4v) is 5.25. The lowest BCUT2D eigenvalue weighted by Crippen LogP contribution is -2.44. The highest BCUT2D eigenvalue weighted by molar-refractivity contribution is 5.62. The van der Waals surface area contributed by atoms with Crippen molar-refractivity contribution in [3.05, 3.63) is 70.9 Å². The van der Waals surface area contributed by atoms with E-state index in [9.17, 15) is 5.26 Å². The van der Waals surface area contributed by atoms with Gasteiger partial charge in [-0.3, -0.25) is 4.84 Å². The average molecular weight is 528 g/mol. The van der Waals surface area contributed by atoms with E-state index in [1.165, 1.54) is 0 Å². The van der Waals surface area contributed by atoms with Gasteiger partial charge >= 0.3 is 0 Å². The van der Waals surface area contributed by atoms with Gasteiger partial charge in [-0.15, -0.1) is 0 Å². The molecule has 0 bridgehead atoms. The maximum atomic E-state index is 9.74. The zero-order valence-electron chi connectivity index (χ0n) is 23.1. The van der Waals surface area contributed by atoms with E-state index in [0.717, 1.165) is 73.7 Å². The zero-order chi connectivity index (χ0) is 27.2. The lowest BCUT2D eigenvalue weighted by atomic mass is 10.0. The summed E-state index contributed by atoms with van der Waals surface area (Å²) in [6.07, 6.45) is 3.37. The van der Waals surface area contributed by atoms with Gasteiger partial charge in [0.2, 0.25) is 5.95 Å². The number of hydrogen-bond donors (Lipinski definition) is 1. The minimum Gasteiger partial charge on any atom is -0.493 e. The van der Waals surface area contributed by atoms with Gasteiger partial charge in [-0.1, -0.05) is 30.3 Å². The summed E-state index contributed by atoms with van der Waals surface area (Å²) in [5.74, 6) is 1.80. The fraction of sp³-hybridized carbons (Fsp3) is 0.433. The quantitative estimate of drug-likeness (QED) is 0.401. The molecule has 0 radical (unpaired) electrons. The summed E-state index contributed by atoms with van der Waals surface area (Å²) >= 11 is 0. The number of piperazine rings is 1. The highest BCUT2D eigenvalue weighted by atomic mass is 16.7. The molecular formula is C30H37N7O2. The molecule has 1 atom stereocenters. The first-order chi connectivity index (χ1) is 19.0. The van der Waals surface area contributed by atoms with E-state index in [1.807, 2.05) is 30.3 Å². The molecule has 9 heteroatoms. The van der Waals surface area contributed by atoms with Crippen LogP contribution >= 0.6 is 0 Å². The third-order valence-electron chi connectivity index (χ3n) is 7.36. The zero-order valence-corrected chi connectivity index (χ0v) is 23.1. The molecule has 0 unspecified atom stereocenters. The van der Waals surface area contributed by atoms with Gasteiger partial charge in [-0.25, -0.2) is 10.0 Å². The van der Waals surface area contributed by atoms with Crippen molar-refractivity contribution in [2.24, 2.45) is 0 Å². The number of aryl methyl sites for hydroxylation is 2. The molecule has 2 aliphatic heterocycles. The van der Waals surface area contributed by atoms with Crippen LogP contribution in [0.25, 0.3) is 0 Å². The van der Waals surface area contributed by atoms with Gasteiger partial charge in [-0.2, -0.15) is 10.2 Å². The van der Waals surface area contributed by atoms with E-state index >= 15 is 0 Å². The highest BCUT2D eigenvalue weighted by Crippen LogP contribution is 2.36. The maximum Gasteiger partial charge on any atom is 0.229 e. The molecule has 39 heavy (non-hydrogen) atoms. The Labute approximate surface area is 230 Å². The molecule has 2 aromatic carbocycles. The van der Waals surface area contributed by atoms with Crippen LogP contribution in [0.5, 0.6) is 5.75 Å². The van der Waals surface area contributed by atoms with Crippen molar-refractivity contribution in [3.63, 3.8) is 0 Å². The number of rotatable bonds is 9. The number of ether oxygens (including phenoxy) is 1. The summed E-state index contributed by atoms with van der Waals surface area (Å²) in [4.78, 5) is 19.9. The second-order valence-electron chi connectivity index (χ2n) is 10.3. The van der Waals surface area contributed by atoms with Crippen LogP contribution in [0.15, 0.2) is 48.7 Å². The van der Waals surface area contributed by atoms with Crippen LogP contribution in [-0.4, -0.2) is 72.8 Å². The van der Waals surface area contributed by atoms with Gasteiger partial charge in [0.1, 0.15) is 17.4 Å². The topological polar surface area (TPSA) is 89.8 Å². The fourth-order valence-electron chi connectivity index (χ4n) is 5.25. The molecule has 0 saturated carbocycles. The van der Waals surface area contributed by atoms with Crippen LogP contribution in [0.4, 0.5) is 17.5 Å². The van der Waals surface area contributed by atoms with Crippen molar-refractivity contribution in [2.75, 3.05) is 63.4 Å². The Morgan fingerprint density at radius 2 is 1.85 bits per heavy atom. The molecule has 3 heterocycles. The van der Waals surface area contributed by atoms with E-state index in [1.54, 1.807) is 11.3 Å². The molecule has 0 spiro atoms. The monoisotopic (exact) mass is 527 g/mol. The predicted molar refractivity (Wildman–Crippen MR) is 152 cm³/mol. The smallest absolute Gasteiger partial charge is 0.229 e. The van der Waals surface area contributed by atoms with E-state index in [4.69, 9.17) is 14.6 Å². The van der Waals surface area contributed by atoms with Crippen molar-refractivity contribution < 1.29 is 9.57 Å². The maximum absolute atomic E-state index is 9.74. The molecule has 204 valence electrons. The number of hydroxylamine groups is 1. The molecule has 0 aliphatic carbocycles. The molecule has 1 aromatic heterocycles. The minimum atomic E-state index is -0.0155. The third kappa shape index (κ3) is 6.48. The van der Waals surface area contributed by atoms with Gasteiger partial charge in [0.05, 0.1) is 25.5 Å². The normalized spacial score (nSPS) is 18.2.